The number of ether oxygens (including phenoxy) is 1. The first kappa shape index (κ1) is 25.0. The summed E-state index contributed by atoms with van der Waals surface area (Å²) in [6, 6.07) is 16.7. The highest BCUT2D eigenvalue weighted by Crippen LogP contribution is 2.35. The minimum Gasteiger partial charge on any atom is -0.443 e. The molecule has 1 heterocycles. The van der Waals surface area contributed by atoms with Crippen LogP contribution in [-0.4, -0.2) is 74.3 Å². The van der Waals surface area contributed by atoms with Gasteiger partial charge in [-0.15, -0.1) is 0 Å². The van der Waals surface area contributed by atoms with Gasteiger partial charge in [-0.1, -0.05) is 48.5 Å². The molecule has 1 aliphatic heterocycles. The van der Waals surface area contributed by atoms with Crippen LogP contribution in [0, 0.1) is 0 Å². The Bertz CT molecular complexity index is 978. The SMILES string of the molecule is CN(C)CC(=O)OCN1C(=O)C(c2ccccc2)N(c2ccccc2)C1=O.CS(=O)(=O)O. The molecule has 32 heavy (non-hydrogen) atoms. The third kappa shape index (κ3) is 7.15. The number of amides is 3. The number of benzene rings is 2. The summed E-state index contributed by atoms with van der Waals surface area (Å²) in [6.07, 6.45) is 0.715. The van der Waals surface area contributed by atoms with E-state index in [4.69, 9.17) is 9.29 Å². The van der Waals surface area contributed by atoms with E-state index in [1.807, 2.05) is 24.3 Å². The van der Waals surface area contributed by atoms with Gasteiger partial charge in [0.05, 0.1) is 12.8 Å². The molecule has 2 aromatic rings. The maximum absolute atomic E-state index is 13.0. The second-order valence-corrected chi connectivity index (χ2v) is 8.65. The lowest BCUT2D eigenvalue weighted by molar-refractivity contribution is -0.150. The molecule has 3 amide bonds. The summed E-state index contributed by atoms with van der Waals surface area (Å²) in [4.78, 5) is 41.8. The highest BCUT2D eigenvalue weighted by molar-refractivity contribution is 7.85. The quantitative estimate of drug-likeness (QED) is 0.390. The highest BCUT2D eigenvalue weighted by Gasteiger charge is 2.47. The first-order valence-corrected chi connectivity index (χ1v) is 11.3. The van der Waals surface area contributed by atoms with Gasteiger partial charge in [0.25, 0.3) is 16.0 Å². The van der Waals surface area contributed by atoms with Crippen molar-refractivity contribution in [1.29, 1.82) is 0 Å². The Kier molecular flexibility index (Phi) is 8.47. The third-order valence-electron chi connectivity index (χ3n) is 4.14. The number of para-hydroxylation sites is 1. The molecule has 0 spiro atoms. The average Bonchev–Trinajstić information content (AvgIpc) is 2.96. The third-order valence-corrected chi connectivity index (χ3v) is 4.14. The van der Waals surface area contributed by atoms with Crippen LogP contribution in [0.4, 0.5) is 10.5 Å². The predicted octanol–water partition coefficient (Wildman–Crippen LogP) is 1.76. The van der Waals surface area contributed by atoms with E-state index in [9.17, 15) is 22.8 Å². The largest absolute Gasteiger partial charge is 0.443 e. The molecule has 11 heteroatoms. The minimum absolute atomic E-state index is 0.0702. The Labute approximate surface area is 186 Å². The number of nitrogens with zero attached hydrogens (tertiary/aromatic N) is 3. The van der Waals surface area contributed by atoms with Crippen molar-refractivity contribution in [3.63, 3.8) is 0 Å². The molecule has 172 valence electrons. The number of urea groups is 1. The summed E-state index contributed by atoms with van der Waals surface area (Å²) >= 11 is 0. The number of rotatable bonds is 6. The first-order valence-electron chi connectivity index (χ1n) is 9.46. The van der Waals surface area contributed by atoms with E-state index in [0.29, 0.717) is 17.5 Å². The van der Waals surface area contributed by atoms with Crippen molar-refractivity contribution in [3.8, 4) is 0 Å². The molecule has 3 rings (SSSR count). The predicted molar refractivity (Wildman–Crippen MR) is 117 cm³/mol. The van der Waals surface area contributed by atoms with Crippen LogP contribution in [0.15, 0.2) is 60.7 Å². The fraction of sp³-hybridized carbons (Fsp3) is 0.286. The van der Waals surface area contributed by atoms with Crippen molar-refractivity contribution >= 4 is 33.7 Å². The molecule has 0 aliphatic carbocycles. The van der Waals surface area contributed by atoms with Gasteiger partial charge in [-0.3, -0.25) is 23.9 Å². The molecular formula is C21H25N3O7S. The van der Waals surface area contributed by atoms with Crippen LogP contribution in [-0.2, 0) is 24.4 Å². The number of hydrogen-bond acceptors (Lipinski definition) is 7. The van der Waals surface area contributed by atoms with Crippen LogP contribution in [0.25, 0.3) is 0 Å². The Morgan fingerprint density at radius 1 is 1.03 bits per heavy atom. The van der Waals surface area contributed by atoms with Gasteiger partial charge in [0.2, 0.25) is 0 Å². The summed E-state index contributed by atoms with van der Waals surface area (Å²) < 4.78 is 31.0. The van der Waals surface area contributed by atoms with Gasteiger partial charge in [-0.05, 0) is 31.8 Å². The summed E-state index contributed by atoms with van der Waals surface area (Å²) in [6.45, 7) is -0.336. The van der Waals surface area contributed by atoms with Crippen LogP contribution < -0.4 is 4.90 Å². The van der Waals surface area contributed by atoms with E-state index in [1.54, 1.807) is 55.4 Å². The molecule has 0 bridgehead atoms. The van der Waals surface area contributed by atoms with Crippen LogP contribution in [0.5, 0.6) is 0 Å². The monoisotopic (exact) mass is 463 g/mol. The second kappa shape index (κ2) is 10.8. The zero-order chi connectivity index (χ0) is 23.9. The van der Waals surface area contributed by atoms with Crippen LogP contribution in [0.3, 0.4) is 0 Å². The van der Waals surface area contributed by atoms with Gasteiger partial charge in [0.1, 0.15) is 6.04 Å². The first-order chi connectivity index (χ1) is 15.0. The topological polar surface area (TPSA) is 125 Å². The van der Waals surface area contributed by atoms with E-state index < -0.39 is 40.8 Å². The summed E-state index contributed by atoms with van der Waals surface area (Å²) in [7, 11) is -0.202. The number of carbonyl (C=O) groups excluding carboxylic acids is 3. The number of esters is 1. The Morgan fingerprint density at radius 2 is 1.53 bits per heavy atom. The normalized spacial score (nSPS) is 16.1. The summed E-state index contributed by atoms with van der Waals surface area (Å²) in [5.41, 5.74) is 1.30. The smallest absolute Gasteiger partial charge is 0.335 e. The van der Waals surface area contributed by atoms with Gasteiger partial charge in [-0.25, -0.2) is 9.69 Å². The van der Waals surface area contributed by atoms with E-state index in [1.165, 1.54) is 4.90 Å². The van der Waals surface area contributed by atoms with E-state index in [-0.39, 0.29) is 6.54 Å². The lowest BCUT2D eigenvalue weighted by Gasteiger charge is -2.22. The van der Waals surface area contributed by atoms with Crippen LogP contribution >= 0.6 is 0 Å². The molecule has 0 radical (unpaired) electrons. The summed E-state index contributed by atoms with van der Waals surface area (Å²) in [5.74, 6) is -0.928. The Balaban J connectivity index is 0.000000654. The zero-order valence-corrected chi connectivity index (χ0v) is 18.7. The molecule has 1 saturated heterocycles. The molecule has 1 fully saturated rings. The number of imide groups is 1. The molecule has 1 N–H and O–H groups in total. The zero-order valence-electron chi connectivity index (χ0n) is 17.9. The molecule has 1 unspecified atom stereocenters. The number of likely N-dealkylation sites (N-methyl/N-ethyl adjacent to an activating group) is 1. The maximum Gasteiger partial charge on any atom is 0.335 e. The lowest BCUT2D eigenvalue weighted by Crippen LogP contribution is -2.37. The fourth-order valence-electron chi connectivity index (χ4n) is 2.93. The van der Waals surface area contributed by atoms with Gasteiger partial charge < -0.3 is 4.74 Å². The highest BCUT2D eigenvalue weighted by atomic mass is 32.2. The average molecular weight is 464 g/mol. The van der Waals surface area contributed by atoms with Gasteiger partial charge in [0.15, 0.2) is 6.73 Å². The lowest BCUT2D eigenvalue weighted by atomic mass is 10.1. The fourth-order valence-corrected chi connectivity index (χ4v) is 2.93. The molecule has 1 aliphatic rings. The van der Waals surface area contributed by atoms with E-state index in [2.05, 4.69) is 0 Å². The van der Waals surface area contributed by atoms with E-state index in [0.717, 1.165) is 4.90 Å². The minimum atomic E-state index is -3.67. The van der Waals surface area contributed by atoms with Crippen LogP contribution in [0.1, 0.15) is 11.6 Å². The van der Waals surface area contributed by atoms with Crippen molar-refractivity contribution in [3.05, 3.63) is 66.2 Å². The molecule has 0 saturated carbocycles. The standard InChI is InChI=1S/C20H21N3O4.CH4O3S/c1-21(2)13-17(24)27-14-22-19(25)18(15-9-5-3-6-10-15)23(20(22)26)16-11-7-4-8-12-16;1-5(2,3)4/h3-12,18H,13-14H2,1-2H3;1H3,(H,2,3,4). The maximum atomic E-state index is 13.0. The Hall–Kier alpha value is -3.28. The van der Waals surface area contributed by atoms with E-state index >= 15 is 0 Å². The number of hydrogen-bond donors (Lipinski definition) is 1. The number of anilines is 1. The number of carbonyl (C=O) groups is 3. The molecule has 2 aromatic carbocycles. The van der Waals surface area contributed by atoms with Gasteiger partial charge in [0, 0.05) is 5.69 Å². The van der Waals surface area contributed by atoms with Crippen molar-refractivity contribution < 1.29 is 32.1 Å². The Morgan fingerprint density at radius 3 is 2.03 bits per heavy atom. The molecular weight excluding hydrogens is 438 g/mol. The van der Waals surface area contributed by atoms with Gasteiger partial charge in [-0.2, -0.15) is 8.42 Å². The molecule has 10 nitrogen and oxygen atoms in total. The van der Waals surface area contributed by atoms with Crippen molar-refractivity contribution in [2.45, 2.75) is 6.04 Å². The molecule has 1 atom stereocenters. The van der Waals surface area contributed by atoms with Crippen LogP contribution in [0.2, 0.25) is 0 Å². The van der Waals surface area contributed by atoms with Crippen molar-refractivity contribution in [2.75, 3.05) is 38.5 Å². The molecule has 0 aromatic heterocycles. The van der Waals surface area contributed by atoms with Gasteiger partial charge >= 0.3 is 12.0 Å². The second-order valence-electron chi connectivity index (χ2n) is 7.18. The van der Waals surface area contributed by atoms with Crippen molar-refractivity contribution in [2.24, 2.45) is 0 Å². The summed E-state index contributed by atoms with van der Waals surface area (Å²) in [5, 5.41) is 0. The van der Waals surface area contributed by atoms with Crippen molar-refractivity contribution in [1.82, 2.24) is 9.80 Å².